The van der Waals surface area contributed by atoms with Crippen molar-refractivity contribution in [3.8, 4) is 0 Å². The van der Waals surface area contributed by atoms with Gasteiger partial charge < -0.3 is 16.0 Å². The minimum absolute atomic E-state index is 0.0769. The number of nitrogens with two attached hydrogens (primary N) is 1. The van der Waals surface area contributed by atoms with Gasteiger partial charge in [0, 0.05) is 5.54 Å². The molecule has 0 saturated heterocycles. The summed E-state index contributed by atoms with van der Waals surface area (Å²) in [5.74, 6) is -1.52. The van der Waals surface area contributed by atoms with E-state index in [1.807, 2.05) is 0 Å². The van der Waals surface area contributed by atoms with E-state index in [0.29, 0.717) is 0 Å². The Labute approximate surface area is 109 Å². The SMILES string of the molecule is CC(C)(C)N(C(=O)O)c1ccc(C(N)=NO)c(F)n1. The van der Waals surface area contributed by atoms with Crippen LogP contribution in [0.4, 0.5) is 15.0 Å². The lowest BCUT2D eigenvalue weighted by molar-refractivity contribution is 0.195. The van der Waals surface area contributed by atoms with Gasteiger partial charge in [0.05, 0.1) is 5.56 Å². The highest BCUT2D eigenvalue weighted by molar-refractivity contribution is 5.97. The first-order valence-electron chi connectivity index (χ1n) is 5.36. The largest absolute Gasteiger partial charge is 0.465 e. The third-order valence-corrected chi connectivity index (χ3v) is 2.31. The smallest absolute Gasteiger partial charge is 0.413 e. The van der Waals surface area contributed by atoms with Gasteiger partial charge in [-0.3, -0.25) is 4.90 Å². The van der Waals surface area contributed by atoms with Crippen molar-refractivity contribution >= 4 is 17.7 Å². The fourth-order valence-electron chi connectivity index (χ4n) is 1.52. The van der Waals surface area contributed by atoms with E-state index in [0.717, 1.165) is 4.90 Å². The molecule has 7 nitrogen and oxygen atoms in total. The van der Waals surface area contributed by atoms with Gasteiger partial charge in [-0.15, -0.1) is 0 Å². The third kappa shape index (κ3) is 3.09. The molecule has 1 aromatic heterocycles. The summed E-state index contributed by atoms with van der Waals surface area (Å²) >= 11 is 0. The van der Waals surface area contributed by atoms with Gasteiger partial charge in [0.15, 0.2) is 5.84 Å². The molecule has 0 aliphatic carbocycles. The van der Waals surface area contributed by atoms with Crippen LogP contribution in [0.25, 0.3) is 0 Å². The molecule has 0 aromatic carbocycles. The monoisotopic (exact) mass is 270 g/mol. The van der Waals surface area contributed by atoms with Crippen molar-refractivity contribution in [3.05, 3.63) is 23.6 Å². The van der Waals surface area contributed by atoms with Gasteiger partial charge in [0.1, 0.15) is 5.82 Å². The van der Waals surface area contributed by atoms with Gasteiger partial charge in [-0.1, -0.05) is 5.16 Å². The predicted octanol–water partition coefficient (Wildman–Crippen LogP) is 1.60. The summed E-state index contributed by atoms with van der Waals surface area (Å²) in [5, 5.41) is 20.3. The van der Waals surface area contributed by atoms with Crippen LogP contribution in [-0.2, 0) is 0 Å². The molecule has 1 heterocycles. The van der Waals surface area contributed by atoms with Crippen molar-refractivity contribution in [1.29, 1.82) is 0 Å². The van der Waals surface area contributed by atoms with Crippen molar-refractivity contribution in [2.24, 2.45) is 10.9 Å². The number of oxime groups is 1. The Balaban J connectivity index is 3.30. The first kappa shape index (κ1) is 14.7. The highest BCUT2D eigenvalue weighted by Gasteiger charge is 2.29. The molecular formula is C11H15FN4O3. The summed E-state index contributed by atoms with van der Waals surface area (Å²) in [4.78, 5) is 15.7. The molecule has 1 aromatic rings. The lowest BCUT2D eigenvalue weighted by Gasteiger charge is -2.32. The zero-order chi connectivity index (χ0) is 14.8. The second-order valence-electron chi connectivity index (χ2n) is 4.78. The van der Waals surface area contributed by atoms with E-state index in [1.165, 1.54) is 12.1 Å². The maximum absolute atomic E-state index is 13.7. The predicted molar refractivity (Wildman–Crippen MR) is 67.0 cm³/mol. The molecule has 4 N–H and O–H groups in total. The number of nitrogens with zero attached hydrogens (tertiary/aromatic N) is 3. The second-order valence-corrected chi connectivity index (χ2v) is 4.78. The molecule has 0 fully saturated rings. The van der Waals surface area contributed by atoms with Crippen LogP contribution in [0.3, 0.4) is 0 Å². The van der Waals surface area contributed by atoms with Gasteiger partial charge in [0.25, 0.3) is 0 Å². The van der Waals surface area contributed by atoms with Gasteiger partial charge in [0.2, 0.25) is 5.95 Å². The van der Waals surface area contributed by atoms with Crippen LogP contribution in [-0.4, -0.2) is 32.8 Å². The van der Waals surface area contributed by atoms with Crippen LogP contribution in [0.15, 0.2) is 17.3 Å². The lowest BCUT2D eigenvalue weighted by Crippen LogP contribution is -2.45. The summed E-state index contributed by atoms with van der Waals surface area (Å²) in [6, 6.07) is 2.49. The van der Waals surface area contributed by atoms with Gasteiger partial charge in [-0.2, -0.15) is 4.39 Å². The van der Waals surface area contributed by atoms with Crippen molar-refractivity contribution < 1.29 is 19.5 Å². The molecule has 0 aliphatic rings. The third-order valence-electron chi connectivity index (χ3n) is 2.31. The van der Waals surface area contributed by atoms with Crippen LogP contribution >= 0.6 is 0 Å². The molecular weight excluding hydrogens is 255 g/mol. The first-order chi connectivity index (χ1) is 8.68. The topological polar surface area (TPSA) is 112 Å². The molecule has 0 unspecified atom stereocenters. The average molecular weight is 270 g/mol. The Hall–Kier alpha value is -2.38. The molecule has 0 atom stereocenters. The highest BCUT2D eigenvalue weighted by Crippen LogP contribution is 2.23. The fraction of sp³-hybridized carbons (Fsp3) is 0.364. The van der Waals surface area contributed by atoms with Crippen LogP contribution < -0.4 is 10.6 Å². The average Bonchev–Trinajstić information content (AvgIpc) is 2.25. The number of rotatable bonds is 2. The molecule has 19 heavy (non-hydrogen) atoms. The Bertz CT molecular complexity index is 525. The Morgan fingerprint density at radius 2 is 2.05 bits per heavy atom. The minimum Gasteiger partial charge on any atom is -0.465 e. The molecule has 0 radical (unpaired) electrons. The maximum Gasteiger partial charge on any atom is 0.413 e. The number of pyridine rings is 1. The molecule has 0 spiro atoms. The van der Waals surface area contributed by atoms with Crippen LogP contribution in [0.1, 0.15) is 26.3 Å². The number of anilines is 1. The van der Waals surface area contributed by atoms with Crippen molar-refractivity contribution in [1.82, 2.24) is 4.98 Å². The summed E-state index contributed by atoms with van der Waals surface area (Å²) in [6.45, 7) is 4.95. The van der Waals surface area contributed by atoms with Crippen LogP contribution in [0.5, 0.6) is 0 Å². The summed E-state index contributed by atoms with van der Waals surface area (Å²) in [6.07, 6.45) is -1.25. The number of carbonyl (C=O) groups is 1. The van der Waals surface area contributed by atoms with E-state index in [-0.39, 0.29) is 11.4 Å². The fourth-order valence-corrected chi connectivity index (χ4v) is 1.52. The number of hydrogen-bond acceptors (Lipinski definition) is 4. The molecule has 104 valence electrons. The molecule has 8 heteroatoms. The number of hydrogen-bond donors (Lipinski definition) is 3. The summed E-state index contributed by atoms with van der Waals surface area (Å²) in [5.41, 5.74) is 4.27. The quantitative estimate of drug-likeness (QED) is 0.248. The number of halogens is 1. The van der Waals surface area contributed by atoms with Gasteiger partial charge >= 0.3 is 6.09 Å². The van der Waals surface area contributed by atoms with Crippen molar-refractivity contribution in [2.75, 3.05) is 4.90 Å². The highest BCUT2D eigenvalue weighted by atomic mass is 19.1. The molecule has 0 bridgehead atoms. The first-order valence-corrected chi connectivity index (χ1v) is 5.36. The van der Waals surface area contributed by atoms with Gasteiger partial charge in [-0.25, -0.2) is 9.78 Å². The number of carboxylic acid groups (broad SMARTS) is 1. The van der Waals surface area contributed by atoms with E-state index >= 15 is 0 Å². The summed E-state index contributed by atoms with van der Waals surface area (Å²) < 4.78 is 13.7. The van der Waals surface area contributed by atoms with Crippen molar-refractivity contribution in [2.45, 2.75) is 26.3 Å². The van der Waals surface area contributed by atoms with E-state index in [4.69, 9.17) is 16.0 Å². The zero-order valence-electron chi connectivity index (χ0n) is 10.8. The summed E-state index contributed by atoms with van der Waals surface area (Å²) in [7, 11) is 0. The number of aromatic nitrogens is 1. The van der Waals surface area contributed by atoms with E-state index < -0.39 is 23.4 Å². The number of amides is 1. The molecule has 0 aliphatic heterocycles. The van der Waals surface area contributed by atoms with E-state index in [2.05, 4.69) is 10.1 Å². The van der Waals surface area contributed by atoms with Crippen molar-refractivity contribution in [3.63, 3.8) is 0 Å². The maximum atomic E-state index is 13.7. The second kappa shape index (κ2) is 5.09. The zero-order valence-corrected chi connectivity index (χ0v) is 10.8. The normalized spacial score (nSPS) is 12.3. The Kier molecular flexibility index (Phi) is 3.93. The standard InChI is InChI=1S/C11H15FN4O3/c1-11(2,3)16(10(17)18)7-5-4-6(8(12)14-7)9(13)15-19/h4-5,19H,1-3H3,(H2,13,15)(H,17,18). The van der Waals surface area contributed by atoms with Crippen LogP contribution in [0.2, 0.25) is 0 Å². The molecule has 1 amide bonds. The van der Waals surface area contributed by atoms with Crippen LogP contribution in [0, 0.1) is 5.95 Å². The lowest BCUT2D eigenvalue weighted by atomic mass is 10.1. The van der Waals surface area contributed by atoms with E-state index in [9.17, 15) is 9.18 Å². The molecule has 0 saturated carbocycles. The number of amidine groups is 1. The Morgan fingerprint density at radius 3 is 2.42 bits per heavy atom. The minimum atomic E-state index is -1.25. The molecule has 1 rings (SSSR count). The Morgan fingerprint density at radius 1 is 1.47 bits per heavy atom. The van der Waals surface area contributed by atoms with E-state index in [1.54, 1.807) is 20.8 Å². The van der Waals surface area contributed by atoms with Gasteiger partial charge in [-0.05, 0) is 32.9 Å².